The number of halogens is 1. The Morgan fingerprint density at radius 3 is 2.44 bits per heavy atom. The second kappa shape index (κ2) is 9.97. The lowest BCUT2D eigenvalue weighted by Crippen LogP contribution is -2.74. The van der Waals surface area contributed by atoms with Gasteiger partial charge in [-0.3, -0.25) is 33.8 Å². The van der Waals surface area contributed by atoms with E-state index in [1.165, 1.54) is 11.0 Å². The normalized spacial score (nSPS) is 34.0. The molecule has 0 spiro atoms. The number of rotatable bonds is 4. The summed E-state index contributed by atoms with van der Waals surface area (Å²) in [5.74, 6) is -10.7. The molecule has 3 aliphatic carbocycles. The van der Waals surface area contributed by atoms with E-state index in [0.29, 0.717) is 10.6 Å². The highest BCUT2D eigenvalue weighted by atomic mass is 35.5. The number of Topliss-reactive ketones (excluding diaryl/α,β-unsaturated/α-hetero) is 4. The topological polar surface area (TPSA) is 158 Å². The number of ketones is 4. The number of hydrogen-bond donors (Lipinski definition) is 3. The van der Waals surface area contributed by atoms with Gasteiger partial charge in [0.2, 0.25) is 5.91 Å². The van der Waals surface area contributed by atoms with Crippen molar-refractivity contribution in [3.8, 4) is 5.75 Å². The van der Waals surface area contributed by atoms with Gasteiger partial charge in [0, 0.05) is 23.5 Å². The standard InChI is InChI=1S/C30H38ClN3O7/c1-29(2,3)12-34-8-6-7-17(34)14-11-18(35)20-15(22(14)31)9-13-10-16-23(33(4)5)25(37)21(28(32)40)27(39)30(16,41)26(38)19(13)24(20)36/h11,13,16-17,19,21,23,35,41H,6-10,12H2,1-5H3,(H2,32,40). The third-order valence-electron chi connectivity index (χ3n) is 9.42. The molecule has 41 heavy (non-hydrogen) atoms. The zero-order valence-electron chi connectivity index (χ0n) is 24.1. The Morgan fingerprint density at radius 1 is 1.20 bits per heavy atom. The lowest BCUT2D eigenvalue weighted by atomic mass is 9.52. The molecule has 5 rings (SSSR count). The van der Waals surface area contributed by atoms with E-state index in [4.69, 9.17) is 17.3 Å². The predicted molar refractivity (Wildman–Crippen MR) is 149 cm³/mol. The van der Waals surface area contributed by atoms with Crippen LogP contribution in [0.1, 0.15) is 67.6 Å². The summed E-state index contributed by atoms with van der Waals surface area (Å²) in [7, 11) is 3.11. The number of aromatic hydroxyl groups is 1. The molecule has 10 nitrogen and oxygen atoms in total. The first-order valence-corrected chi connectivity index (χ1v) is 14.5. The molecule has 7 atom stereocenters. The van der Waals surface area contributed by atoms with Gasteiger partial charge in [0.15, 0.2) is 34.7 Å². The fraction of sp³-hybridized carbons (Fsp3) is 0.633. The zero-order chi connectivity index (χ0) is 30.3. The Balaban J connectivity index is 1.58. The highest BCUT2D eigenvalue weighted by Gasteiger charge is 2.69. The predicted octanol–water partition coefficient (Wildman–Crippen LogP) is 1.70. The number of amides is 1. The van der Waals surface area contributed by atoms with Gasteiger partial charge in [-0.2, -0.15) is 0 Å². The molecule has 0 bridgehead atoms. The molecule has 3 fully saturated rings. The summed E-state index contributed by atoms with van der Waals surface area (Å²) in [5.41, 5.74) is 3.76. The lowest BCUT2D eigenvalue weighted by molar-refractivity contribution is -0.181. The molecule has 222 valence electrons. The number of hydrogen-bond acceptors (Lipinski definition) is 9. The SMILES string of the molecule is CN(C)C1C(=O)C(C(N)=O)C(=O)C2(O)C(=O)C3C(=O)c4c(O)cc(C5CCCN5CC(C)(C)C)c(Cl)c4CC3CC12. The summed E-state index contributed by atoms with van der Waals surface area (Å²) in [6, 6.07) is 0.323. The van der Waals surface area contributed by atoms with Gasteiger partial charge < -0.3 is 15.9 Å². The third kappa shape index (κ3) is 4.45. The molecule has 2 saturated carbocycles. The van der Waals surface area contributed by atoms with E-state index in [2.05, 4.69) is 25.7 Å². The van der Waals surface area contributed by atoms with E-state index < -0.39 is 64.4 Å². The second-order valence-corrected chi connectivity index (χ2v) is 14.0. The van der Waals surface area contributed by atoms with Crippen molar-refractivity contribution in [2.45, 2.75) is 64.1 Å². The van der Waals surface area contributed by atoms with Crippen molar-refractivity contribution in [3.05, 3.63) is 27.8 Å². The monoisotopic (exact) mass is 587 g/mol. The number of aliphatic hydroxyl groups is 1. The average Bonchev–Trinajstić information content (AvgIpc) is 3.29. The molecule has 1 aromatic rings. The van der Waals surface area contributed by atoms with Crippen molar-refractivity contribution in [3.63, 3.8) is 0 Å². The van der Waals surface area contributed by atoms with Gasteiger partial charge in [0.1, 0.15) is 5.75 Å². The number of nitrogens with two attached hydrogens (primary N) is 1. The van der Waals surface area contributed by atoms with Crippen LogP contribution in [0.3, 0.4) is 0 Å². The fourth-order valence-electron chi connectivity index (χ4n) is 7.89. The van der Waals surface area contributed by atoms with Gasteiger partial charge in [0.25, 0.3) is 0 Å². The van der Waals surface area contributed by atoms with Crippen LogP contribution in [0.4, 0.5) is 0 Å². The number of carbonyl (C=O) groups excluding carboxylic acids is 5. The molecule has 0 aromatic heterocycles. The van der Waals surface area contributed by atoms with Crippen molar-refractivity contribution in [2.75, 3.05) is 27.2 Å². The van der Waals surface area contributed by atoms with E-state index >= 15 is 0 Å². The lowest BCUT2D eigenvalue weighted by Gasteiger charge is -2.52. The van der Waals surface area contributed by atoms with Gasteiger partial charge in [-0.25, -0.2) is 0 Å². The number of primary amides is 1. The highest BCUT2D eigenvalue weighted by molar-refractivity contribution is 6.35. The summed E-state index contributed by atoms with van der Waals surface area (Å²) in [6.07, 6.45) is 1.95. The Labute approximate surface area is 244 Å². The largest absolute Gasteiger partial charge is 0.507 e. The molecule has 7 unspecified atom stereocenters. The quantitative estimate of drug-likeness (QED) is 0.446. The van der Waals surface area contributed by atoms with Gasteiger partial charge in [-0.15, -0.1) is 0 Å². The van der Waals surface area contributed by atoms with Crippen LogP contribution in [-0.2, 0) is 25.6 Å². The van der Waals surface area contributed by atoms with Gasteiger partial charge in [-0.05, 0) is 74.8 Å². The molecule has 4 aliphatic rings. The Bertz CT molecular complexity index is 1370. The van der Waals surface area contributed by atoms with Crippen molar-refractivity contribution in [2.24, 2.45) is 34.8 Å². The average molecular weight is 588 g/mol. The highest BCUT2D eigenvalue weighted by Crippen LogP contribution is 2.53. The summed E-state index contributed by atoms with van der Waals surface area (Å²) in [5, 5.41) is 23.2. The first-order valence-electron chi connectivity index (χ1n) is 14.1. The molecule has 1 aliphatic heterocycles. The minimum Gasteiger partial charge on any atom is -0.507 e. The molecule has 1 aromatic carbocycles. The maximum Gasteiger partial charge on any atom is 0.235 e. The van der Waals surface area contributed by atoms with E-state index in [1.54, 1.807) is 14.1 Å². The van der Waals surface area contributed by atoms with Crippen LogP contribution < -0.4 is 5.73 Å². The molecule has 11 heteroatoms. The van der Waals surface area contributed by atoms with E-state index in [-0.39, 0.29) is 35.6 Å². The molecule has 0 radical (unpaired) electrons. The first kappa shape index (κ1) is 29.8. The number of carbonyl (C=O) groups is 5. The number of benzene rings is 1. The van der Waals surface area contributed by atoms with E-state index in [0.717, 1.165) is 31.5 Å². The number of fused-ring (bicyclic) bond motifs is 3. The van der Waals surface area contributed by atoms with Gasteiger partial charge in [-0.1, -0.05) is 32.4 Å². The molecular weight excluding hydrogens is 550 g/mol. The summed E-state index contributed by atoms with van der Waals surface area (Å²) < 4.78 is 0. The number of nitrogens with zero attached hydrogens (tertiary/aromatic N) is 2. The Morgan fingerprint density at radius 2 is 1.85 bits per heavy atom. The van der Waals surface area contributed by atoms with Crippen LogP contribution in [0, 0.1) is 29.1 Å². The fourth-order valence-corrected chi connectivity index (χ4v) is 8.24. The Hall–Kier alpha value is -2.66. The van der Waals surface area contributed by atoms with Gasteiger partial charge >= 0.3 is 0 Å². The maximum atomic E-state index is 13.9. The minimum absolute atomic E-state index is 0.00914. The molecule has 1 amide bonds. The van der Waals surface area contributed by atoms with E-state index in [9.17, 15) is 34.2 Å². The van der Waals surface area contributed by atoms with Crippen LogP contribution in [0.25, 0.3) is 0 Å². The van der Waals surface area contributed by atoms with Crippen LogP contribution in [0.5, 0.6) is 5.75 Å². The zero-order valence-corrected chi connectivity index (χ0v) is 24.8. The Kier molecular flexibility index (Phi) is 7.25. The van der Waals surface area contributed by atoms with Crippen LogP contribution >= 0.6 is 11.6 Å². The summed E-state index contributed by atoms with van der Waals surface area (Å²) >= 11 is 7.00. The first-order chi connectivity index (χ1) is 19.0. The van der Waals surface area contributed by atoms with Crippen molar-refractivity contribution < 1.29 is 34.2 Å². The molecule has 4 N–H and O–H groups in total. The third-order valence-corrected chi connectivity index (χ3v) is 9.87. The summed E-state index contributed by atoms with van der Waals surface area (Å²) in [6.45, 7) is 8.17. The van der Waals surface area contributed by atoms with E-state index in [1.807, 2.05) is 0 Å². The minimum atomic E-state index is -2.74. The smallest absolute Gasteiger partial charge is 0.235 e. The number of likely N-dealkylation sites (N-methyl/N-ethyl adjacent to an activating group) is 1. The molecule has 1 saturated heterocycles. The molecule has 1 heterocycles. The number of phenols is 1. The van der Waals surface area contributed by atoms with Gasteiger partial charge in [0.05, 0.1) is 17.5 Å². The van der Waals surface area contributed by atoms with Crippen molar-refractivity contribution >= 4 is 40.6 Å². The van der Waals surface area contributed by atoms with Crippen LogP contribution in [0.2, 0.25) is 5.02 Å². The van der Waals surface area contributed by atoms with Crippen LogP contribution in [0.15, 0.2) is 6.07 Å². The maximum absolute atomic E-state index is 13.9. The number of phenolic OH excluding ortho intramolecular Hbond substituents is 1. The van der Waals surface area contributed by atoms with Crippen molar-refractivity contribution in [1.82, 2.24) is 9.80 Å². The number of likely N-dealkylation sites (tertiary alicyclic amines) is 1. The summed E-state index contributed by atoms with van der Waals surface area (Å²) in [4.78, 5) is 70.4. The molecular formula is C30H38ClN3O7. The van der Waals surface area contributed by atoms with Crippen LogP contribution in [-0.4, -0.2) is 87.9 Å². The van der Waals surface area contributed by atoms with Crippen molar-refractivity contribution in [1.29, 1.82) is 0 Å². The second-order valence-electron chi connectivity index (χ2n) is 13.6.